The van der Waals surface area contributed by atoms with Crippen molar-refractivity contribution in [3.63, 3.8) is 0 Å². The van der Waals surface area contributed by atoms with Gasteiger partial charge >= 0.3 is 6.18 Å². The van der Waals surface area contributed by atoms with Crippen molar-refractivity contribution >= 4 is 10.9 Å². The van der Waals surface area contributed by atoms with Gasteiger partial charge in [-0.15, -0.1) is 10.2 Å². The second-order valence-corrected chi connectivity index (χ2v) is 9.73. The minimum Gasteiger partial charge on any atom is -0.352 e. The molecule has 13 heteroatoms. The standard InChI is InChI=1S/C27H20F4N8O/c1-38-12-34-37-25(38)19-8-16(28)4-5-17(19)14-6-20(13-2-3-13)35-22(7-14)39-11-15(10-32)18-9-21(24(33)27(29,30)31)36-23(18)26(39)40/h4-9,11-13,24,36H,2-3,33H2,1H3/t24-/m1/s1. The van der Waals surface area contributed by atoms with E-state index in [9.17, 15) is 27.6 Å². The van der Waals surface area contributed by atoms with Gasteiger partial charge in [0.15, 0.2) is 5.82 Å². The monoisotopic (exact) mass is 548 g/mol. The van der Waals surface area contributed by atoms with Crippen molar-refractivity contribution in [2.45, 2.75) is 31.0 Å². The summed E-state index contributed by atoms with van der Waals surface area (Å²) in [5.74, 6) is 0.256. The Balaban J connectivity index is 1.57. The number of benzene rings is 1. The number of hydrogen-bond acceptors (Lipinski definition) is 6. The number of H-pyrrole nitrogens is 1. The van der Waals surface area contributed by atoms with E-state index >= 15 is 0 Å². The first-order valence-electron chi connectivity index (χ1n) is 12.2. The molecule has 1 aromatic carbocycles. The van der Waals surface area contributed by atoms with E-state index in [2.05, 4.69) is 20.2 Å². The maximum absolute atomic E-state index is 14.3. The topological polar surface area (TPSA) is 131 Å². The van der Waals surface area contributed by atoms with E-state index in [0.29, 0.717) is 28.2 Å². The lowest BCUT2D eigenvalue weighted by Gasteiger charge is -2.14. The largest absolute Gasteiger partial charge is 0.409 e. The van der Waals surface area contributed by atoms with Gasteiger partial charge in [-0.3, -0.25) is 9.36 Å². The smallest absolute Gasteiger partial charge is 0.352 e. The van der Waals surface area contributed by atoms with E-state index in [-0.39, 0.29) is 28.2 Å². The zero-order chi connectivity index (χ0) is 28.3. The summed E-state index contributed by atoms with van der Waals surface area (Å²) in [7, 11) is 1.73. The van der Waals surface area contributed by atoms with Gasteiger partial charge in [0.25, 0.3) is 5.56 Å². The molecule has 4 aromatic heterocycles. The Bertz CT molecular complexity index is 1890. The highest BCUT2D eigenvalue weighted by Gasteiger charge is 2.39. The quantitative estimate of drug-likeness (QED) is 0.308. The van der Waals surface area contributed by atoms with Crippen molar-refractivity contribution < 1.29 is 17.6 Å². The lowest BCUT2D eigenvalue weighted by atomic mass is 9.98. The lowest BCUT2D eigenvalue weighted by Crippen LogP contribution is -2.28. The Morgan fingerprint density at radius 3 is 2.60 bits per heavy atom. The number of nitriles is 1. The average Bonchev–Trinajstić information content (AvgIpc) is 3.53. The minimum atomic E-state index is -4.75. The number of aromatic nitrogens is 6. The number of pyridine rings is 2. The van der Waals surface area contributed by atoms with Gasteiger partial charge in [0.05, 0.1) is 5.56 Å². The molecule has 1 atom stereocenters. The van der Waals surface area contributed by atoms with Crippen LogP contribution in [0.2, 0.25) is 0 Å². The number of nitrogens with two attached hydrogens (primary N) is 1. The fourth-order valence-corrected chi connectivity index (χ4v) is 4.72. The van der Waals surface area contributed by atoms with Crippen LogP contribution in [0.1, 0.15) is 41.8 Å². The third kappa shape index (κ3) is 4.32. The van der Waals surface area contributed by atoms with Gasteiger partial charge in [-0.2, -0.15) is 18.4 Å². The van der Waals surface area contributed by atoms with Crippen LogP contribution in [0.4, 0.5) is 17.6 Å². The first kappa shape index (κ1) is 25.4. The number of alkyl halides is 3. The summed E-state index contributed by atoms with van der Waals surface area (Å²) in [4.78, 5) is 20.7. The number of aryl methyl sites for hydroxylation is 1. The van der Waals surface area contributed by atoms with Gasteiger partial charge in [0.1, 0.15) is 35.6 Å². The first-order valence-corrected chi connectivity index (χ1v) is 12.2. The maximum atomic E-state index is 14.3. The number of halogens is 4. The van der Waals surface area contributed by atoms with Gasteiger partial charge in [0.2, 0.25) is 0 Å². The molecule has 0 bridgehead atoms. The summed E-state index contributed by atoms with van der Waals surface area (Å²) in [6.45, 7) is 0. The van der Waals surface area contributed by atoms with Gasteiger partial charge in [-0.05, 0) is 54.3 Å². The highest BCUT2D eigenvalue weighted by molar-refractivity contribution is 5.86. The molecule has 0 radical (unpaired) electrons. The van der Waals surface area contributed by atoms with Crippen LogP contribution in [0.5, 0.6) is 0 Å². The molecule has 202 valence electrons. The minimum absolute atomic E-state index is 0.0279. The molecular formula is C27H20F4N8O. The Hall–Kier alpha value is -4.83. The average molecular weight is 549 g/mol. The number of rotatable bonds is 5. The molecule has 4 heterocycles. The number of aromatic amines is 1. The molecule has 0 unspecified atom stereocenters. The number of hydrogen-bond donors (Lipinski definition) is 2. The molecule has 3 N–H and O–H groups in total. The molecule has 6 rings (SSSR count). The summed E-state index contributed by atoms with van der Waals surface area (Å²) in [5, 5.41) is 17.8. The van der Waals surface area contributed by atoms with E-state index in [1.54, 1.807) is 23.7 Å². The molecule has 0 aliphatic heterocycles. The van der Waals surface area contributed by atoms with Crippen LogP contribution >= 0.6 is 0 Å². The van der Waals surface area contributed by atoms with Crippen molar-refractivity contribution in [1.82, 2.24) is 29.3 Å². The summed E-state index contributed by atoms with van der Waals surface area (Å²) in [6, 6.07) is 8.37. The number of fused-ring (bicyclic) bond motifs is 1. The van der Waals surface area contributed by atoms with Crippen LogP contribution in [-0.4, -0.2) is 35.5 Å². The molecule has 1 aliphatic carbocycles. The van der Waals surface area contributed by atoms with E-state index in [4.69, 9.17) is 5.73 Å². The van der Waals surface area contributed by atoms with Gasteiger partial charge < -0.3 is 15.3 Å². The second kappa shape index (κ2) is 9.13. The number of nitrogens with zero attached hydrogens (tertiary/aromatic N) is 6. The summed E-state index contributed by atoms with van der Waals surface area (Å²) >= 11 is 0. The fourth-order valence-electron chi connectivity index (χ4n) is 4.72. The number of nitrogens with one attached hydrogen (secondary N) is 1. The molecule has 5 aromatic rings. The van der Waals surface area contributed by atoms with E-state index < -0.39 is 29.3 Å². The molecule has 0 amide bonds. The summed E-state index contributed by atoms with van der Waals surface area (Å²) in [6.07, 6.45) is -0.231. The third-order valence-corrected chi connectivity index (χ3v) is 6.95. The predicted molar refractivity (Wildman–Crippen MR) is 137 cm³/mol. The molecular weight excluding hydrogens is 528 g/mol. The fraction of sp³-hybridized carbons (Fsp3) is 0.222. The van der Waals surface area contributed by atoms with Crippen LogP contribution < -0.4 is 11.3 Å². The van der Waals surface area contributed by atoms with Crippen molar-refractivity contribution in [2.75, 3.05) is 0 Å². The van der Waals surface area contributed by atoms with Crippen molar-refractivity contribution in [3.8, 4) is 34.4 Å². The van der Waals surface area contributed by atoms with Crippen LogP contribution in [0, 0.1) is 17.1 Å². The van der Waals surface area contributed by atoms with Crippen molar-refractivity contribution in [3.05, 3.63) is 82.0 Å². The molecule has 0 spiro atoms. The molecule has 9 nitrogen and oxygen atoms in total. The van der Waals surface area contributed by atoms with E-state index in [1.165, 1.54) is 24.7 Å². The molecule has 1 fully saturated rings. The Labute approximate surface area is 223 Å². The zero-order valence-electron chi connectivity index (χ0n) is 20.9. The normalized spacial score (nSPS) is 14.4. The molecule has 1 aliphatic rings. The second-order valence-electron chi connectivity index (χ2n) is 9.73. The maximum Gasteiger partial charge on any atom is 0.409 e. The Kier molecular flexibility index (Phi) is 5.81. The Morgan fingerprint density at radius 1 is 1.18 bits per heavy atom. The van der Waals surface area contributed by atoms with Crippen molar-refractivity contribution in [1.29, 1.82) is 5.26 Å². The predicted octanol–water partition coefficient (Wildman–Crippen LogP) is 4.63. The SMILES string of the molecule is Cn1cnnc1-c1cc(F)ccc1-c1cc(C2CC2)nc(-n2cc(C#N)c3cc([C@@H](N)C(F)(F)F)[nH]c3c2=O)c1. The van der Waals surface area contributed by atoms with E-state index in [0.717, 1.165) is 23.5 Å². The van der Waals surface area contributed by atoms with Gasteiger partial charge in [0, 0.05) is 41.5 Å². The Morgan fingerprint density at radius 2 is 1.95 bits per heavy atom. The van der Waals surface area contributed by atoms with Crippen LogP contribution in [-0.2, 0) is 7.05 Å². The zero-order valence-corrected chi connectivity index (χ0v) is 20.9. The van der Waals surface area contributed by atoms with Crippen LogP contribution in [0.25, 0.3) is 39.2 Å². The highest BCUT2D eigenvalue weighted by atomic mass is 19.4. The molecule has 1 saturated carbocycles. The van der Waals surface area contributed by atoms with E-state index in [1.807, 2.05) is 12.1 Å². The summed E-state index contributed by atoms with van der Waals surface area (Å²) < 4.78 is 56.9. The summed E-state index contributed by atoms with van der Waals surface area (Å²) in [5.41, 5.74) is 6.36. The third-order valence-electron chi connectivity index (χ3n) is 6.95. The van der Waals surface area contributed by atoms with Gasteiger partial charge in [-0.1, -0.05) is 6.07 Å². The van der Waals surface area contributed by atoms with Crippen molar-refractivity contribution in [2.24, 2.45) is 12.8 Å². The molecule has 40 heavy (non-hydrogen) atoms. The van der Waals surface area contributed by atoms with Crippen LogP contribution in [0.3, 0.4) is 0 Å². The van der Waals surface area contributed by atoms with Gasteiger partial charge in [-0.25, -0.2) is 9.37 Å². The lowest BCUT2D eigenvalue weighted by molar-refractivity contribution is -0.149. The van der Waals surface area contributed by atoms with Crippen LogP contribution in [0.15, 0.2) is 53.7 Å². The highest BCUT2D eigenvalue weighted by Crippen LogP contribution is 2.42. The first-order chi connectivity index (χ1) is 19.0. The molecule has 0 saturated heterocycles.